The molecule has 0 saturated carbocycles. The van der Waals surface area contributed by atoms with E-state index in [0.717, 1.165) is 29.0 Å². The van der Waals surface area contributed by atoms with Crippen LogP contribution >= 0.6 is 0 Å². The fourth-order valence-corrected chi connectivity index (χ4v) is 11.0. The number of fused-ring (bicyclic) bond motifs is 3. The van der Waals surface area contributed by atoms with E-state index >= 15 is 0 Å². The first-order valence-corrected chi connectivity index (χ1v) is 21.0. The van der Waals surface area contributed by atoms with Gasteiger partial charge in [0.1, 0.15) is 5.75 Å². The first kappa shape index (κ1) is 37.6. The summed E-state index contributed by atoms with van der Waals surface area (Å²) < 4.78 is 12.3. The quantitative estimate of drug-likeness (QED) is 0.0789. The Kier molecular flexibility index (Phi) is 10.9. The maximum atomic E-state index is 14.7. The highest BCUT2D eigenvalue weighted by molar-refractivity contribution is 6.71. The fraction of sp³-hybridized carbons (Fsp3) is 0.474. The maximum absolute atomic E-state index is 14.7. The lowest BCUT2D eigenvalue weighted by atomic mass is 9.82. The van der Waals surface area contributed by atoms with Gasteiger partial charge in [0.05, 0.1) is 41.6 Å². The number of carbonyl (C=O) groups excluding carboxylic acids is 2. The molecule has 1 fully saturated rings. The number of rotatable bonds is 14. The number of nitro groups is 1. The molecule has 3 aliphatic rings. The van der Waals surface area contributed by atoms with Crippen LogP contribution in [0.25, 0.3) is 0 Å². The lowest BCUT2D eigenvalue weighted by molar-refractivity contribution is -0.385. The third-order valence-corrected chi connectivity index (χ3v) is 13.2. The number of unbranched alkanes of at least 4 members (excludes halogenated alkanes) is 1. The van der Waals surface area contributed by atoms with Crippen molar-refractivity contribution in [2.24, 2.45) is 5.92 Å². The molecule has 0 aromatic heterocycles. The first-order valence-electron chi connectivity index (χ1n) is 18.0. The molecular weight excluding hydrogens is 685 g/mol. The van der Waals surface area contributed by atoms with Gasteiger partial charge >= 0.3 is 0 Å². The van der Waals surface area contributed by atoms with Gasteiger partial charge in [-0.15, -0.1) is 0 Å². The van der Waals surface area contributed by atoms with Crippen molar-refractivity contribution in [3.05, 3.63) is 87.5 Å². The Morgan fingerprint density at radius 1 is 1.04 bits per heavy atom. The zero-order valence-electron chi connectivity index (χ0n) is 30.1. The number of amides is 2. The van der Waals surface area contributed by atoms with E-state index < -0.39 is 42.4 Å². The molecule has 5 atom stereocenters. The number of non-ortho nitro benzene ring substituents is 1. The van der Waals surface area contributed by atoms with E-state index in [1.165, 1.54) is 12.1 Å². The van der Waals surface area contributed by atoms with Gasteiger partial charge in [0, 0.05) is 48.1 Å². The minimum Gasteiger partial charge on any atom is -0.494 e. The number of hydrogen-bond donors (Lipinski definition) is 4. The number of carbonyl (C=O) groups is 2. The molecule has 0 aliphatic carbocycles. The smallest absolute Gasteiger partial charge is 0.269 e. The van der Waals surface area contributed by atoms with Gasteiger partial charge < -0.3 is 34.7 Å². The second-order valence-electron chi connectivity index (χ2n) is 14.4. The van der Waals surface area contributed by atoms with Crippen molar-refractivity contribution in [2.75, 3.05) is 36.2 Å². The van der Waals surface area contributed by atoms with Gasteiger partial charge in [0.15, 0.2) is 13.9 Å². The average molecular weight is 733 g/mol. The van der Waals surface area contributed by atoms with Crippen LogP contribution in [0.4, 0.5) is 22.7 Å². The number of nitrogens with one attached hydrogen (secondary N) is 1. The van der Waals surface area contributed by atoms with Crippen LogP contribution in [0.5, 0.6) is 5.75 Å². The number of ether oxygens (including phenoxy) is 2. The highest BCUT2D eigenvalue weighted by atomic mass is 28.4. The van der Waals surface area contributed by atoms with Crippen molar-refractivity contribution in [1.29, 1.82) is 0 Å². The van der Waals surface area contributed by atoms with Crippen molar-refractivity contribution >= 4 is 42.9 Å². The molecule has 3 aliphatic heterocycles. The molecule has 3 aromatic carbocycles. The summed E-state index contributed by atoms with van der Waals surface area (Å²) >= 11 is 0. The average Bonchev–Trinajstić information content (AvgIpc) is 3.53. The van der Waals surface area contributed by atoms with Crippen molar-refractivity contribution in [3.63, 3.8) is 0 Å². The summed E-state index contributed by atoms with van der Waals surface area (Å²) in [5.41, 5.74) is 1.88. The predicted octanol–water partition coefficient (Wildman–Crippen LogP) is 4.67. The number of anilines is 3. The number of nitro benzene ring substituents is 1. The van der Waals surface area contributed by atoms with Crippen LogP contribution in [0, 0.1) is 16.0 Å². The Labute approximate surface area is 304 Å². The van der Waals surface area contributed by atoms with E-state index in [-0.39, 0.29) is 43.7 Å². The van der Waals surface area contributed by atoms with Crippen LogP contribution in [0.1, 0.15) is 49.8 Å². The second-order valence-corrected chi connectivity index (χ2v) is 18.4. The molecule has 0 bridgehead atoms. The zero-order chi connectivity index (χ0) is 37.4. The summed E-state index contributed by atoms with van der Waals surface area (Å²) in [6, 6.07) is 17.0. The summed E-state index contributed by atoms with van der Waals surface area (Å²) in [5, 5.41) is 34.3. The van der Waals surface area contributed by atoms with Gasteiger partial charge in [-0.2, -0.15) is 0 Å². The van der Waals surface area contributed by atoms with Crippen LogP contribution < -0.4 is 19.9 Å². The zero-order valence-corrected chi connectivity index (χ0v) is 31.1. The highest BCUT2D eigenvalue weighted by Crippen LogP contribution is 2.60. The summed E-state index contributed by atoms with van der Waals surface area (Å²) in [6.45, 7) is 8.47. The van der Waals surface area contributed by atoms with Gasteiger partial charge in [-0.25, -0.2) is 0 Å². The third-order valence-electron chi connectivity index (χ3n) is 10.6. The van der Waals surface area contributed by atoms with Gasteiger partial charge in [-0.05, 0) is 99.8 Å². The molecule has 1 spiro atoms. The minimum absolute atomic E-state index is 0.0913. The molecule has 52 heavy (non-hydrogen) atoms. The van der Waals surface area contributed by atoms with Crippen molar-refractivity contribution in [3.8, 4) is 5.75 Å². The molecule has 3 aromatic rings. The van der Waals surface area contributed by atoms with E-state index in [9.17, 15) is 34.7 Å². The number of aliphatic hydroxyl groups is 2. The summed E-state index contributed by atoms with van der Waals surface area (Å²) in [7, 11) is -2.94. The summed E-state index contributed by atoms with van der Waals surface area (Å²) in [5.74, 6) is -0.267. The molecule has 1 unspecified atom stereocenters. The van der Waals surface area contributed by atoms with Crippen LogP contribution in [0.15, 0.2) is 60.7 Å². The Hall–Kier alpha value is -4.18. The van der Waals surface area contributed by atoms with E-state index in [2.05, 4.69) is 5.32 Å². The topological polar surface area (TPSA) is 175 Å². The minimum atomic E-state index is -2.94. The van der Waals surface area contributed by atoms with Crippen LogP contribution in [-0.4, -0.2) is 78.6 Å². The lowest BCUT2D eigenvalue weighted by Gasteiger charge is -2.35. The van der Waals surface area contributed by atoms with Crippen LogP contribution in [0.3, 0.4) is 0 Å². The van der Waals surface area contributed by atoms with Crippen molar-refractivity contribution < 1.29 is 39.0 Å². The van der Waals surface area contributed by atoms with Gasteiger partial charge in [-0.3, -0.25) is 24.6 Å². The molecule has 1 saturated heterocycles. The Morgan fingerprint density at radius 3 is 2.42 bits per heavy atom. The normalized spacial score (nSPS) is 24.1. The van der Waals surface area contributed by atoms with Gasteiger partial charge in [-0.1, -0.05) is 19.1 Å². The van der Waals surface area contributed by atoms with E-state index in [1.807, 2.05) is 56.3 Å². The van der Waals surface area contributed by atoms with Crippen molar-refractivity contribution in [2.45, 2.75) is 82.5 Å². The molecule has 4 N–H and O–H groups in total. The molecule has 2 amide bonds. The molecular formula is C38H48N4O9Si. The Balaban J connectivity index is 1.32. The molecule has 278 valence electrons. The summed E-state index contributed by atoms with van der Waals surface area (Å²) in [6.07, 6.45) is 1.49. The molecule has 14 heteroatoms. The number of hydrogen-bond acceptors (Lipinski definition) is 10. The number of benzene rings is 3. The van der Waals surface area contributed by atoms with E-state index in [1.54, 1.807) is 29.0 Å². The van der Waals surface area contributed by atoms with Crippen LogP contribution in [-0.2, 0) is 32.9 Å². The first-order chi connectivity index (χ1) is 24.8. The summed E-state index contributed by atoms with van der Waals surface area (Å²) in [4.78, 5) is 54.6. The highest BCUT2D eigenvalue weighted by Gasteiger charge is 2.66. The van der Waals surface area contributed by atoms with E-state index in [4.69, 9.17) is 9.47 Å². The number of nitrogens with zero attached hydrogens (tertiary/aromatic N) is 3. The molecule has 6 rings (SSSR count). The van der Waals surface area contributed by atoms with Crippen molar-refractivity contribution in [1.82, 2.24) is 5.32 Å². The second kappa shape index (κ2) is 15.0. The predicted molar refractivity (Wildman–Crippen MR) is 198 cm³/mol. The SMILES string of the molecule is CCOc1ccc2c(c1)CC(NCCCCO)C(=O)N2c1ccc(CN2C(=O)[C@@]3(O[C@@H](CCO)[C@H]([Si](C)(C)O)[C@H]3C)c3cc([N+](=O)[O-])ccc32)cc1. The van der Waals surface area contributed by atoms with Gasteiger partial charge in [0.2, 0.25) is 5.91 Å². The molecule has 13 nitrogen and oxygen atoms in total. The maximum Gasteiger partial charge on any atom is 0.269 e. The molecule has 3 heterocycles. The standard InChI is InChI=1S/C38H48N4O9Si/c1-5-50-29-13-15-32-26(20-29)21-31(39-17-6-7-18-43)36(45)41(32)27-10-8-25(9-11-27)23-40-33-14-12-28(42(47)48)22-30(33)38(37(40)46)24(2)35(52(3,4)49)34(51-38)16-19-44/h8-15,20,22,24,31,34-35,39,43-44,49H,5-7,16-19,21,23H2,1-4H3/t24-,31?,34+,35-,38+/m1/s1. The Morgan fingerprint density at radius 2 is 1.77 bits per heavy atom. The van der Waals surface area contributed by atoms with Crippen LogP contribution in [0.2, 0.25) is 18.6 Å². The lowest BCUT2D eigenvalue weighted by Crippen LogP contribution is -2.49. The monoisotopic (exact) mass is 732 g/mol. The third kappa shape index (κ3) is 6.74. The van der Waals surface area contributed by atoms with E-state index in [0.29, 0.717) is 42.9 Å². The molecule has 0 radical (unpaired) electrons. The van der Waals surface area contributed by atoms with Gasteiger partial charge in [0.25, 0.3) is 11.6 Å². The number of aliphatic hydroxyl groups excluding tert-OH is 2. The fourth-order valence-electron chi connectivity index (χ4n) is 8.39. The largest absolute Gasteiger partial charge is 0.494 e. The Bertz CT molecular complexity index is 1820.